The minimum Gasteiger partial charge on any atom is -0.394 e. The van der Waals surface area contributed by atoms with Gasteiger partial charge in [-0.3, -0.25) is 0 Å². The van der Waals surface area contributed by atoms with Crippen LogP contribution in [0.1, 0.15) is 20.8 Å². The second kappa shape index (κ2) is 3.84. The third kappa shape index (κ3) is 4.06. The summed E-state index contributed by atoms with van der Waals surface area (Å²) in [6.07, 6.45) is 1.92. The first-order chi connectivity index (χ1) is 3.66. The van der Waals surface area contributed by atoms with Gasteiger partial charge in [-0.05, 0) is 6.92 Å². The van der Waals surface area contributed by atoms with Crippen LogP contribution < -0.4 is 5.73 Å². The molecule has 0 aromatic carbocycles. The van der Waals surface area contributed by atoms with E-state index in [1.54, 1.807) is 11.8 Å². The van der Waals surface area contributed by atoms with Crippen LogP contribution in [0, 0.1) is 0 Å². The highest BCUT2D eigenvalue weighted by Gasteiger charge is 1.92. The molecule has 0 amide bonds. The summed E-state index contributed by atoms with van der Waals surface area (Å²) < 4.78 is 0. The van der Waals surface area contributed by atoms with Gasteiger partial charge in [-0.15, -0.1) is 11.8 Å². The minimum atomic E-state index is 0.603. The van der Waals surface area contributed by atoms with Crippen molar-refractivity contribution in [3.05, 3.63) is 11.1 Å². The molecule has 2 N–H and O–H groups in total. The maximum absolute atomic E-state index is 5.50. The summed E-state index contributed by atoms with van der Waals surface area (Å²) >= 11 is 1.69. The molecule has 0 fully saturated rings. The average molecular weight is 131 g/mol. The fourth-order valence-corrected chi connectivity index (χ4v) is 1.02. The van der Waals surface area contributed by atoms with Crippen molar-refractivity contribution >= 4 is 11.8 Å². The molecule has 0 rings (SSSR count). The summed E-state index contributed by atoms with van der Waals surface area (Å²) in [5.74, 6) is 0. The van der Waals surface area contributed by atoms with Crippen molar-refractivity contribution in [1.82, 2.24) is 0 Å². The largest absolute Gasteiger partial charge is 0.394 e. The van der Waals surface area contributed by atoms with Gasteiger partial charge in [0.15, 0.2) is 0 Å². The van der Waals surface area contributed by atoms with Crippen molar-refractivity contribution in [2.45, 2.75) is 26.0 Å². The minimum absolute atomic E-state index is 0.603. The van der Waals surface area contributed by atoms with E-state index in [9.17, 15) is 0 Å². The van der Waals surface area contributed by atoms with E-state index in [4.69, 9.17) is 5.73 Å². The standard InChI is InChI=1S/C6H13NS/c1-4-6(7)8-5(2)3/h4-5H,7H2,1-3H3/b6-4+. The van der Waals surface area contributed by atoms with Gasteiger partial charge in [-0.25, -0.2) is 0 Å². The monoisotopic (exact) mass is 131 g/mol. The van der Waals surface area contributed by atoms with E-state index in [1.807, 2.05) is 13.0 Å². The van der Waals surface area contributed by atoms with Gasteiger partial charge >= 0.3 is 0 Å². The van der Waals surface area contributed by atoms with Gasteiger partial charge < -0.3 is 5.73 Å². The number of allylic oxidation sites excluding steroid dienone is 1. The molecule has 0 heterocycles. The summed E-state index contributed by atoms with van der Waals surface area (Å²) in [7, 11) is 0. The Labute approximate surface area is 55.3 Å². The van der Waals surface area contributed by atoms with Gasteiger partial charge in [0.25, 0.3) is 0 Å². The van der Waals surface area contributed by atoms with Gasteiger partial charge in [0.1, 0.15) is 0 Å². The average Bonchev–Trinajstić information content (AvgIpc) is 1.65. The van der Waals surface area contributed by atoms with Crippen LogP contribution >= 0.6 is 11.8 Å². The highest BCUT2D eigenvalue weighted by molar-refractivity contribution is 8.03. The molecule has 0 saturated carbocycles. The Kier molecular flexibility index (Phi) is 3.79. The second-order valence-electron chi connectivity index (χ2n) is 1.86. The molecule has 48 valence electrons. The maximum atomic E-state index is 5.50. The van der Waals surface area contributed by atoms with Crippen molar-refractivity contribution in [2.24, 2.45) is 5.73 Å². The Morgan fingerprint density at radius 3 is 2.25 bits per heavy atom. The van der Waals surface area contributed by atoms with E-state index in [-0.39, 0.29) is 0 Å². The molecule has 0 aromatic heterocycles. The lowest BCUT2D eigenvalue weighted by Gasteiger charge is -2.01. The Balaban J connectivity index is 3.39. The number of hydrogen-bond donors (Lipinski definition) is 1. The van der Waals surface area contributed by atoms with E-state index in [2.05, 4.69) is 13.8 Å². The molecule has 0 radical (unpaired) electrons. The van der Waals surface area contributed by atoms with Crippen LogP contribution in [0.25, 0.3) is 0 Å². The topological polar surface area (TPSA) is 26.0 Å². The molecule has 0 aliphatic carbocycles. The number of hydrogen-bond acceptors (Lipinski definition) is 2. The molecule has 0 unspecified atom stereocenters. The lowest BCUT2D eigenvalue weighted by Crippen LogP contribution is -1.96. The van der Waals surface area contributed by atoms with Gasteiger partial charge in [-0.2, -0.15) is 0 Å². The van der Waals surface area contributed by atoms with Crippen molar-refractivity contribution in [3.8, 4) is 0 Å². The van der Waals surface area contributed by atoms with Crippen molar-refractivity contribution in [3.63, 3.8) is 0 Å². The molecule has 1 nitrogen and oxygen atoms in total. The van der Waals surface area contributed by atoms with Gasteiger partial charge in [-0.1, -0.05) is 19.9 Å². The molecule has 0 aliphatic rings. The SMILES string of the molecule is C/C=C(\N)SC(C)C. The van der Waals surface area contributed by atoms with Crippen LogP contribution in [0.2, 0.25) is 0 Å². The van der Waals surface area contributed by atoms with Gasteiger partial charge in [0.2, 0.25) is 0 Å². The van der Waals surface area contributed by atoms with Crippen molar-refractivity contribution in [1.29, 1.82) is 0 Å². The zero-order chi connectivity index (χ0) is 6.57. The van der Waals surface area contributed by atoms with E-state index in [1.165, 1.54) is 0 Å². The van der Waals surface area contributed by atoms with Crippen molar-refractivity contribution in [2.75, 3.05) is 0 Å². The predicted octanol–water partition coefficient (Wildman–Crippen LogP) is 1.95. The molecule has 0 bridgehead atoms. The Bertz CT molecular complexity index is 86.5. The second-order valence-corrected chi connectivity index (χ2v) is 3.51. The molecule has 0 aliphatic heterocycles. The molecular weight excluding hydrogens is 118 g/mol. The summed E-state index contributed by atoms with van der Waals surface area (Å²) in [5.41, 5.74) is 5.50. The Hall–Kier alpha value is -0.110. The molecule has 8 heavy (non-hydrogen) atoms. The fraction of sp³-hybridized carbons (Fsp3) is 0.667. The van der Waals surface area contributed by atoms with E-state index >= 15 is 0 Å². The number of thioether (sulfide) groups is 1. The summed E-state index contributed by atoms with van der Waals surface area (Å²) in [4.78, 5) is 0. The third-order valence-corrected chi connectivity index (χ3v) is 1.64. The first kappa shape index (κ1) is 7.89. The summed E-state index contributed by atoms with van der Waals surface area (Å²) in [6, 6.07) is 0. The van der Waals surface area contributed by atoms with Gasteiger partial charge in [0.05, 0.1) is 5.03 Å². The molecule has 2 heteroatoms. The molecule has 0 aromatic rings. The van der Waals surface area contributed by atoms with Crippen LogP contribution in [-0.4, -0.2) is 5.25 Å². The van der Waals surface area contributed by atoms with Crippen LogP contribution in [0.3, 0.4) is 0 Å². The molecule has 0 saturated heterocycles. The zero-order valence-corrected chi connectivity index (χ0v) is 6.46. The Morgan fingerprint density at radius 1 is 1.62 bits per heavy atom. The molecule has 0 atom stereocenters. The van der Waals surface area contributed by atoms with Crippen LogP contribution in [0.15, 0.2) is 11.1 Å². The van der Waals surface area contributed by atoms with Crippen LogP contribution in [0.5, 0.6) is 0 Å². The molecular formula is C6H13NS. The smallest absolute Gasteiger partial charge is 0.0614 e. The van der Waals surface area contributed by atoms with Gasteiger partial charge in [0, 0.05) is 5.25 Å². The third-order valence-electron chi connectivity index (χ3n) is 0.656. The first-order valence-electron chi connectivity index (χ1n) is 2.75. The van der Waals surface area contributed by atoms with E-state index < -0.39 is 0 Å². The first-order valence-corrected chi connectivity index (χ1v) is 3.63. The zero-order valence-electron chi connectivity index (χ0n) is 5.64. The lowest BCUT2D eigenvalue weighted by atomic mass is 10.6. The Morgan fingerprint density at radius 2 is 2.12 bits per heavy atom. The number of rotatable bonds is 2. The normalized spacial score (nSPS) is 12.8. The number of nitrogens with two attached hydrogens (primary N) is 1. The fourth-order valence-electron chi connectivity index (χ4n) is 0.340. The quantitative estimate of drug-likeness (QED) is 0.620. The van der Waals surface area contributed by atoms with Crippen molar-refractivity contribution < 1.29 is 0 Å². The predicted molar refractivity (Wildman–Crippen MR) is 40.7 cm³/mol. The highest BCUT2D eigenvalue weighted by Crippen LogP contribution is 2.14. The summed E-state index contributed by atoms with van der Waals surface area (Å²) in [6.45, 7) is 6.20. The van der Waals surface area contributed by atoms with Crippen LogP contribution in [-0.2, 0) is 0 Å². The molecule has 0 spiro atoms. The summed E-state index contributed by atoms with van der Waals surface area (Å²) in [5, 5.41) is 1.52. The lowest BCUT2D eigenvalue weighted by molar-refractivity contribution is 1.12. The van der Waals surface area contributed by atoms with E-state index in [0.29, 0.717) is 5.25 Å². The highest BCUT2D eigenvalue weighted by atomic mass is 32.2. The van der Waals surface area contributed by atoms with Crippen LogP contribution in [0.4, 0.5) is 0 Å². The van der Waals surface area contributed by atoms with E-state index in [0.717, 1.165) is 5.03 Å². The maximum Gasteiger partial charge on any atom is 0.0614 e.